The minimum absolute atomic E-state index is 0.181. The molecule has 0 saturated heterocycles. The molecule has 3 aromatic rings. The van der Waals surface area contributed by atoms with Crippen LogP contribution in [0.3, 0.4) is 0 Å². The molecule has 0 aliphatic heterocycles. The van der Waals surface area contributed by atoms with Crippen LogP contribution in [0.2, 0.25) is 0 Å². The Balaban J connectivity index is 1.83. The standard InChI is InChI=1S/C20H16N2O2/c21-18-9-2-1-8-17(18)14-5-3-6-15(11-14)19(23)12-20(24)16-7-4-10-22-13-16/h1-11,13H,12,21H2. The van der Waals surface area contributed by atoms with Crippen molar-refractivity contribution in [2.75, 3.05) is 5.73 Å². The third-order valence-electron chi connectivity index (χ3n) is 3.76. The molecular weight excluding hydrogens is 300 g/mol. The van der Waals surface area contributed by atoms with Crippen LogP contribution in [-0.4, -0.2) is 16.6 Å². The number of anilines is 1. The average molecular weight is 316 g/mol. The number of hydrogen-bond donors (Lipinski definition) is 1. The van der Waals surface area contributed by atoms with Crippen molar-refractivity contribution in [3.63, 3.8) is 0 Å². The molecule has 0 aliphatic rings. The number of benzene rings is 2. The van der Waals surface area contributed by atoms with E-state index in [-0.39, 0.29) is 18.0 Å². The van der Waals surface area contributed by atoms with Gasteiger partial charge in [-0.15, -0.1) is 0 Å². The predicted molar refractivity (Wildman–Crippen MR) is 93.8 cm³/mol. The van der Waals surface area contributed by atoms with Crippen LogP contribution >= 0.6 is 0 Å². The molecule has 24 heavy (non-hydrogen) atoms. The summed E-state index contributed by atoms with van der Waals surface area (Å²) in [7, 11) is 0. The number of hydrogen-bond acceptors (Lipinski definition) is 4. The highest BCUT2D eigenvalue weighted by Crippen LogP contribution is 2.26. The molecule has 0 radical (unpaired) electrons. The quantitative estimate of drug-likeness (QED) is 0.441. The summed E-state index contributed by atoms with van der Waals surface area (Å²) in [6, 6.07) is 18.0. The van der Waals surface area contributed by atoms with E-state index in [1.54, 1.807) is 36.5 Å². The largest absolute Gasteiger partial charge is 0.398 e. The van der Waals surface area contributed by atoms with Gasteiger partial charge in [0, 0.05) is 34.8 Å². The van der Waals surface area contributed by atoms with Crippen molar-refractivity contribution in [2.24, 2.45) is 0 Å². The maximum atomic E-state index is 12.4. The Morgan fingerprint density at radius 1 is 0.875 bits per heavy atom. The minimum atomic E-state index is -0.238. The van der Waals surface area contributed by atoms with E-state index in [4.69, 9.17) is 5.73 Å². The molecular formula is C20H16N2O2. The third-order valence-corrected chi connectivity index (χ3v) is 3.76. The van der Waals surface area contributed by atoms with Gasteiger partial charge in [-0.25, -0.2) is 0 Å². The summed E-state index contributed by atoms with van der Waals surface area (Å²) < 4.78 is 0. The molecule has 4 heteroatoms. The zero-order valence-electron chi connectivity index (χ0n) is 13.0. The summed E-state index contributed by atoms with van der Waals surface area (Å²) in [4.78, 5) is 28.5. The number of nitrogens with two attached hydrogens (primary N) is 1. The second-order valence-electron chi connectivity index (χ2n) is 5.43. The first-order valence-electron chi connectivity index (χ1n) is 7.56. The smallest absolute Gasteiger partial charge is 0.172 e. The highest BCUT2D eigenvalue weighted by Gasteiger charge is 2.14. The Morgan fingerprint density at radius 2 is 1.62 bits per heavy atom. The fraction of sp³-hybridized carbons (Fsp3) is 0.0500. The van der Waals surface area contributed by atoms with Gasteiger partial charge in [-0.05, 0) is 29.8 Å². The van der Waals surface area contributed by atoms with Crippen LogP contribution in [-0.2, 0) is 0 Å². The van der Waals surface area contributed by atoms with Gasteiger partial charge in [0.1, 0.15) is 0 Å². The van der Waals surface area contributed by atoms with Gasteiger partial charge in [0.05, 0.1) is 6.42 Å². The van der Waals surface area contributed by atoms with Gasteiger partial charge >= 0.3 is 0 Å². The molecule has 2 N–H and O–H groups in total. The number of rotatable bonds is 5. The van der Waals surface area contributed by atoms with Gasteiger partial charge in [0.2, 0.25) is 0 Å². The first-order chi connectivity index (χ1) is 11.6. The minimum Gasteiger partial charge on any atom is -0.398 e. The topological polar surface area (TPSA) is 73.1 Å². The van der Waals surface area contributed by atoms with Gasteiger partial charge in [-0.3, -0.25) is 14.6 Å². The summed E-state index contributed by atoms with van der Waals surface area (Å²) >= 11 is 0. The number of nitrogen functional groups attached to an aromatic ring is 1. The fourth-order valence-corrected chi connectivity index (χ4v) is 2.50. The molecule has 3 rings (SSSR count). The van der Waals surface area contributed by atoms with E-state index < -0.39 is 0 Å². The number of aromatic nitrogens is 1. The van der Waals surface area contributed by atoms with E-state index in [0.717, 1.165) is 11.1 Å². The molecule has 118 valence electrons. The number of pyridine rings is 1. The lowest BCUT2D eigenvalue weighted by Crippen LogP contribution is -2.09. The van der Waals surface area contributed by atoms with E-state index in [1.807, 2.05) is 30.3 Å². The van der Waals surface area contributed by atoms with Crippen molar-refractivity contribution in [1.82, 2.24) is 4.98 Å². The Hall–Kier alpha value is -3.27. The first-order valence-corrected chi connectivity index (χ1v) is 7.56. The third kappa shape index (κ3) is 3.38. The van der Waals surface area contributed by atoms with E-state index in [1.165, 1.54) is 6.20 Å². The molecule has 0 unspecified atom stereocenters. The van der Waals surface area contributed by atoms with Crippen LogP contribution in [0.25, 0.3) is 11.1 Å². The molecule has 0 amide bonds. The Bertz CT molecular complexity index is 889. The molecule has 4 nitrogen and oxygen atoms in total. The van der Waals surface area contributed by atoms with Crippen LogP contribution < -0.4 is 5.73 Å². The lowest BCUT2D eigenvalue weighted by Gasteiger charge is -2.07. The van der Waals surface area contributed by atoms with E-state index in [0.29, 0.717) is 16.8 Å². The van der Waals surface area contributed by atoms with Crippen molar-refractivity contribution in [2.45, 2.75) is 6.42 Å². The Labute approximate surface area is 140 Å². The summed E-state index contributed by atoms with van der Waals surface area (Å²) in [6.45, 7) is 0. The second-order valence-corrected chi connectivity index (χ2v) is 5.43. The molecule has 0 spiro atoms. The summed E-state index contributed by atoms with van der Waals surface area (Å²) in [6.07, 6.45) is 2.88. The number of Topliss-reactive ketones (excluding diaryl/α,β-unsaturated/α-hetero) is 2. The van der Waals surface area contributed by atoms with Crippen LogP contribution in [0.1, 0.15) is 27.1 Å². The molecule has 0 fully saturated rings. The Kier molecular flexibility index (Phi) is 4.47. The first kappa shape index (κ1) is 15.6. The fourth-order valence-electron chi connectivity index (χ4n) is 2.50. The number of carbonyl (C=O) groups is 2. The van der Waals surface area contributed by atoms with Crippen molar-refractivity contribution in [3.05, 3.63) is 84.2 Å². The van der Waals surface area contributed by atoms with E-state index in [9.17, 15) is 9.59 Å². The van der Waals surface area contributed by atoms with Crippen LogP contribution in [0.5, 0.6) is 0 Å². The number of ketones is 2. The van der Waals surface area contributed by atoms with Crippen LogP contribution in [0.4, 0.5) is 5.69 Å². The normalized spacial score (nSPS) is 10.3. The Morgan fingerprint density at radius 3 is 2.38 bits per heavy atom. The van der Waals surface area contributed by atoms with Crippen molar-refractivity contribution >= 4 is 17.3 Å². The zero-order valence-corrected chi connectivity index (χ0v) is 13.0. The zero-order chi connectivity index (χ0) is 16.9. The molecule has 0 atom stereocenters. The van der Waals surface area contributed by atoms with Crippen molar-refractivity contribution in [3.8, 4) is 11.1 Å². The van der Waals surface area contributed by atoms with E-state index in [2.05, 4.69) is 4.98 Å². The van der Waals surface area contributed by atoms with Gasteiger partial charge < -0.3 is 5.73 Å². The highest BCUT2D eigenvalue weighted by molar-refractivity contribution is 6.13. The number of carbonyl (C=O) groups excluding carboxylic acids is 2. The maximum Gasteiger partial charge on any atom is 0.172 e. The SMILES string of the molecule is Nc1ccccc1-c1cccc(C(=O)CC(=O)c2cccnc2)c1. The van der Waals surface area contributed by atoms with Crippen molar-refractivity contribution < 1.29 is 9.59 Å². The lowest BCUT2D eigenvalue weighted by atomic mass is 9.97. The summed E-state index contributed by atoms with van der Waals surface area (Å²) in [5, 5.41) is 0. The molecule has 1 heterocycles. The molecule has 2 aromatic carbocycles. The monoisotopic (exact) mass is 316 g/mol. The number of nitrogens with zero attached hydrogens (tertiary/aromatic N) is 1. The summed E-state index contributed by atoms with van der Waals surface area (Å²) in [5.41, 5.74) is 9.29. The van der Waals surface area contributed by atoms with E-state index >= 15 is 0 Å². The van der Waals surface area contributed by atoms with Crippen LogP contribution in [0.15, 0.2) is 73.1 Å². The van der Waals surface area contributed by atoms with Gasteiger partial charge in [-0.1, -0.05) is 36.4 Å². The van der Waals surface area contributed by atoms with Crippen molar-refractivity contribution in [1.29, 1.82) is 0 Å². The summed E-state index contributed by atoms with van der Waals surface area (Å²) in [5.74, 6) is -0.460. The van der Waals surface area contributed by atoms with Gasteiger partial charge in [0.25, 0.3) is 0 Å². The predicted octanol–water partition coefficient (Wildman–Crippen LogP) is 3.79. The maximum absolute atomic E-state index is 12.4. The second kappa shape index (κ2) is 6.87. The molecule has 0 saturated carbocycles. The number of para-hydroxylation sites is 1. The van der Waals surface area contributed by atoms with Gasteiger partial charge in [-0.2, -0.15) is 0 Å². The molecule has 0 aliphatic carbocycles. The van der Waals surface area contributed by atoms with Gasteiger partial charge in [0.15, 0.2) is 11.6 Å². The molecule has 1 aromatic heterocycles. The highest BCUT2D eigenvalue weighted by atomic mass is 16.1. The average Bonchev–Trinajstić information content (AvgIpc) is 2.63. The lowest BCUT2D eigenvalue weighted by molar-refractivity contribution is 0.0894. The van der Waals surface area contributed by atoms with Crippen LogP contribution in [0, 0.1) is 0 Å². The molecule has 0 bridgehead atoms.